The van der Waals surface area contributed by atoms with Gasteiger partial charge >= 0.3 is 6.18 Å². The lowest BCUT2D eigenvalue weighted by atomic mass is 10.1. The third kappa shape index (κ3) is 2.20. The van der Waals surface area contributed by atoms with Crippen LogP contribution < -0.4 is 9.47 Å². The van der Waals surface area contributed by atoms with Gasteiger partial charge in [0.25, 0.3) is 5.78 Å². The largest absolute Gasteiger partial charge is 0.454 e. The molecular weight excluding hydrogens is 237 g/mol. The van der Waals surface area contributed by atoms with Gasteiger partial charge in [0.05, 0.1) is 0 Å². The summed E-state index contributed by atoms with van der Waals surface area (Å²) in [7, 11) is 0. The van der Waals surface area contributed by atoms with E-state index in [0.29, 0.717) is 5.75 Å². The summed E-state index contributed by atoms with van der Waals surface area (Å²) in [5, 5.41) is 0. The molecule has 0 saturated carbocycles. The van der Waals surface area contributed by atoms with Crippen molar-refractivity contribution in [3.05, 3.63) is 23.8 Å². The zero-order chi connectivity index (χ0) is 12.8. The summed E-state index contributed by atoms with van der Waals surface area (Å²) in [6.45, 7) is 3.25. The summed E-state index contributed by atoms with van der Waals surface area (Å²) in [5.74, 6) is -2.35. The molecule has 0 aromatic heterocycles. The highest BCUT2D eigenvalue weighted by Gasteiger charge is 2.40. The van der Waals surface area contributed by atoms with Crippen LogP contribution in [0.15, 0.2) is 18.2 Å². The molecule has 0 spiro atoms. The predicted octanol–water partition coefficient (Wildman–Crippen LogP) is 2.94. The van der Waals surface area contributed by atoms with Crippen molar-refractivity contribution < 1.29 is 27.4 Å². The van der Waals surface area contributed by atoms with Crippen molar-refractivity contribution in [3.8, 4) is 11.5 Å². The Morgan fingerprint density at radius 2 is 1.76 bits per heavy atom. The van der Waals surface area contributed by atoms with Gasteiger partial charge in [0.1, 0.15) is 0 Å². The summed E-state index contributed by atoms with van der Waals surface area (Å²) >= 11 is 0. The van der Waals surface area contributed by atoms with Gasteiger partial charge in [-0.05, 0) is 18.2 Å². The number of halogens is 3. The Morgan fingerprint density at radius 1 is 1.18 bits per heavy atom. The molecule has 0 unspecified atom stereocenters. The minimum absolute atomic E-state index is 0.144. The van der Waals surface area contributed by atoms with Gasteiger partial charge in [-0.2, -0.15) is 13.2 Å². The molecule has 17 heavy (non-hydrogen) atoms. The highest BCUT2D eigenvalue weighted by molar-refractivity contribution is 6.00. The lowest BCUT2D eigenvalue weighted by molar-refractivity contribution is -0.0885. The van der Waals surface area contributed by atoms with E-state index in [4.69, 9.17) is 9.47 Å². The quantitative estimate of drug-likeness (QED) is 0.714. The molecule has 0 aliphatic carbocycles. The number of hydrogen-bond acceptors (Lipinski definition) is 3. The van der Waals surface area contributed by atoms with Crippen LogP contribution in [0, 0.1) is 0 Å². The van der Waals surface area contributed by atoms with Crippen LogP contribution in [0.5, 0.6) is 11.5 Å². The van der Waals surface area contributed by atoms with E-state index in [1.54, 1.807) is 13.8 Å². The van der Waals surface area contributed by atoms with E-state index in [9.17, 15) is 18.0 Å². The van der Waals surface area contributed by atoms with Gasteiger partial charge in [0.2, 0.25) is 5.79 Å². The fraction of sp³-hybridized carbons (Fsp3) is 0.364. The Bertz CT molecular complexity index is 477. The van der Waals surface area contributed by atoms with Crippen molar-refractivity contribution in [2.45, 2.75) is 25.8 Å². The lowest BCUT2D eigenvalue weighted by Gasteiger charge is -2.16. The third-order valence-corrected chi connectivity index (χ3v) is 2.17. The van der Waals surface area contributed by atoms with Crippen LogP contribution in [0.3, 0.4) is 0 Å². The van der Waals surface area contributed by atoms with Gasteiger partial charge in [0, 0.05) is 19.4 Å². The van der Waals surface area contributed by atoms with E-state index in [2.05, 4.69) is 0 Å². The standard InChI is InChI=1S/C11H9F3O3/c1-10(2)16-7-4-3-6(5-8(7)17-10)9(15)11(12,13)14/h3-5H,1-2H3. The molecule has 3 nitrogen and oxygen atoms in total. The van der Waals surface area contributed by atoms with Gasteiger partial charge in [-0.1, -0.05) is 0 Å². The minimum Gasteiger partial charge on any atom is -0.449 e. The van der Waals surface area contributed by atoms with E-state index in [-0.39, 0.29) is 5.75 Å². The molecule has 1 aliphatic rings. The molecule has 6 heteroatoms. The second-order valence-corrected chi connectivity index (χ2v) is 4.09. The highest BCUT2D eigenvalue weighted by atomic mass is 19.4. The smallest absolute Gasteiger partial charge is 0.449 e. The maximum Gasteiger partial charge on any atom is 0.454 e. The second-order valence-electron chi connectivity index (χ2n) is 4.09. The zero-order valence-electron chi connectivity index (χ0n) is 9.09. The summed E-state index contributed by atoms with van der Waals surface area (Å²) in [6, 6.07) is 3.41. The summed E-state index contributed by atoms with van der Waals surface area (Å²) in [6.07, 6.45) is -4.89. The monoisotopic (exact) mass is 246 g/mol. The molecule has 1 aliphatic heterocycles. The van der Waals surface area contributed by atoms with Crippen LogP contribution in [-0.2, 0) is 0 Å². The Kier molecular flexibility index (Phi) is 2.34. The topological polar surface area (TPSA) is 35.5 Å². The molecule has 1 heterocycles. The predicted molar refractivity (Wildman–Crippen MR) is 52.2 cm³/mol. The Labute approximate surface area is 95.1 Å². The van der Waals surface area contributed by atoms with Crippen LogP contribution >= 0.6 is 0 Å². The number of benzene rings is 1. The molecule has 0 radical (unpaired) electrons. The Hall–Kier alpha value is -1.72. The maximum absolute atomic E-state index is 12.2. The molecule has 1 aromatic rings. The number of carbonyl (C=O) groups is 1. The van der Waals surface area contributed by atoms with E-state index in [1.807, 2.05) is 0 Å². The summed E-state index contributed by atoms with van der Waals surface area (Å²) in [5.41, 5.74) is -0.461. The number of rotatable bonds is 1. The third-order valence-electron chi connectivity index (χ3n) is 2.17. The number of ketones is 1. The van der Waals surface area contributed by atoms with Crippen molar-refractivity contribution in [1.82, 2.24) is 0 Å². The molecule has 2 rings (SSSR count). The molecular formula is C11H9F3O3. The van der Waals surface area contributed by atoms with E-state index in [0.717, 1.165) is 12.1 Å². The SMILES string of the molecule is CC1(C)Oc2ccc(C(=O)C(F)(F)F)cc2O1. The van der Waals surface area contributed by atoms with Crippen LogP contribution in [-0.4, -0.2) is 17.7 Å². The molecule has 0 saturated heterocycles. The first-order valence-electron chi connectivity index (χ1n) is 4.83. The van der Waals surface area contributed by atoms with Gasteiger partial charge in [-0.15, -0.1) is 0 Å². The van der Waals surface area contributed by atoms with E-state index >= 15 is 0 Å². The van der Waals surface area contributed by atoms with Crippen molar-refractivity contribution in [1.29, 1.82) is 0 Å². The minimum atomic E-state index is -4.89. The van der Waals surface area contributed by atoms with Crippen molar-refractivity contribution >= 4 is 5.78 Å². The number of fused-ring (bicyclic) bond motifs is 1. The van der Waals surface area contributed by atoms with Crippen molar-refractivity contribution in [2.75, 3.05) is 0 Å². The van der Waals surface area contributed by atoms with E-state index in [1.165, 1.54) is 6.07 Å². The van der Waals surface area contributed by atoms with Gasteiger partial charge in [-0.25, -0.2) is 0 Å². The van der Waals surface area contributed by atoms with Crippen LogP contribution in [0.1, 0.15) is 24.2 Å². The van der Waals surface area contributed by atoms with Crippen molar-refractivity contribution in [2.24, 2.45) is 0 Å². The molecule has 0 fully saturated rings. The van der Waals surface area contributed by atoms with Crippen molar-refractivity contribution in [3.63, 3.8) is 0 Å². The number of Topliss-reactive ketones (excluding diaryl/α,β-unsaturated/α-hetero) is 1. The highest BCUT2D eigenvalue weighted by Crippen LogP contribution is 2.40. The number of carbonyl (C=O) groups excluding carboxylic acids is 1. The first kappa shape index (κ1) is 11.8. The van der Waals surface area contributed by atoms with Gasteiger partial charge < -0.3 is 9.47 Å². The fourth-order valence-corrected chi connectivity index (χ4v) is 1.53. The van der Waals surface area contributed by atoms with Gasteiger partial charge in [0.15, 0.2) is 11.5 Å². The number of alkyl halides is 3. The number of hydrogen-bond donors (Lipinski definition) is 0. The molecule has 1 aromatic carbocycles. The summed E-state index contributed by atoms with van der Waals surface area (Å²) in [4.78, 5) is 11.0. The normalized spacial score (nSPS) is 17.0. The molecule has 0 N–H and O–H groups in total. The summed E-state index contributed by atoms with van der Waals surface area (Å²) < 4.78 is 47.2. The van der Waals surface area contributed by atoms with E-state index < -0.39 is 23.3 Å². The molecule has 92 valence electrons. The average molecular weight is 246 g/mol. The Balaban J connectivity index is 2.35. The second kappa shape index (κ2) is 3.38. The molecule has 0 bridgehead atoms. The van der Waals surface area contributed by atoms with Crippen LogP contribution in [0.4, 0.5) is 13.2 Å². The lowest BCUT2D eigenvalue weighted by Crippen LogP contribution is -2.29. The number of ether oxygens (including phenoxy) is 2. The maximum atomic E-state index is 12.2. The zero-order valence-corrected chi connectivity index (χ0v) is 9.09. The van der Waals surface area contributed by atoms with Gasteiger partial charge in [-0.3, -0.25) is 4.79 Å². The fourth-order valence-electron chi connectivity index (χ4n) is 1.53. The van der Waals surface area contributed by atoms with Crippen LogP contribution in [0.2, 0.25) is 0 Å². The first-order valence-corrected chi connectivity index (χ1v) is 4.83. The Morgan fingerprint density at radius 3 is 2.35 bits per heavy atom. The average Bonchev–Trinajstić information content (AvgIpc) is 2.47. The van der Waals surface area contributed by atoms with Crippen LogP contribution in [0.25, 0.3) is 0 Å². The first-order chi connectivity index (χ1) is 7.69. The molecule has 0 atom stereocenters. The molecule has 0 amide bonds.